The summed E-state index contributed by atoms with van der Waals surface area (Å²) >= 11 is 12.0. The fraction of sp³-hybridized carbons (Fsp3) is 0.231. The number of nitrogens with zero attached hydrogens (tertiary/aromatic N) is 2. The first-order chi connectivity index (χ1) is 9.10. The number of hydrogen-bond acceptors (Lipinski definition) is 4. The normalized spacial score (nSPS) is 10.3. The molecule has 2 rings (SSSR count). The van der Waals surface area contributed by atoms with Crippen LogP contribution in [0.25, 0.3) is 0 Å². The average Bonchev–Trinajstić information content (AvgIpc) is 2.37. The molecule has 0 fully saturated rings. The summed E-state index contributed by atoms with van der Waals surface area (Å²) in [5.41, 5.74) is 0.864. The molecule has 0 atom stereocenters. The van der Waals surface area contributed by atoms with E-state index < -0.39 is 0 Å². The summed E-state index contributed by atoms with van der Waals surface area (Å²) in [4.78, 5) is 8.59. The van der Waals surface area contributed by atoms with Crippen molar-refractivity contribution < 1.29 is 4.74 Å². The molecule has 0 bridgehead atoms. The van der Waals surface area contributed by atoms with Crippen molar-refractivity contribution in [3.05, 3.63) is 45.8 Å². The number of benzene rings is 1. The monoisotopic (exact) mass is 297 g/mol. The lowest BCUT2D eigenvalue weighted by Gasteiger charge is -2.10. The van der Waals surface area contributed by atoms with E-state index in [1.165, 1.54) is 0 Å². The molecule has 0 amide bonds. The maximum atomic E-state index is 6.02. The third-order valence-electron chi connectivity index (χ3n) is 2.42. The van der Waals surface area contributed by atoms with Crippen LogP contribution >= 0.6 is 23.2 Å². The summed E-state index contributed by atoms with van der Waals surface area (Å²) in [7, 11) is 1.80. The van der Waals surface area contributed by atoms with E-state index in [1.54, 1.807) is 25.2 Å². The second-order valence-electron chi connectivity index (χ2n) is 3.90. The van der Waals surface area contributed by atoms with E-state index in [9.17, 15) is 0 Å². The van der Waals surface area contributed by atoms with Crippen LogP contribution in [-0.2, 0) is 6.61 Å². The fourth-order valence-corrected chi connectivity index (χ4v) is 2.09. The molecule has 6 heteroatoms. The molecule has 2 aromatic rings. The lowest BCUT2D eigenvalue weighted by atomic mass is 10.3. The van der Waals surface area contributed by atoms with Gasteiger partial charge in [0.05, 0.1) is 10.0 Å². The minimum absolute atomic E-state index is 0.208. The van der Waals surface area contributed by atoms with Gasteiger partial charge < -0.3 is 10.1 Å². The van der Waals surface area contributed by atoms with E-state index in [1.807, 2.05) is 13.0 Å². The summed E-state index contributed by atoms with van der Waals surface area (Å²) in [6.45, 7) is 2.11. The van der Waals surface area contributed by atoms with Crippen LogP contribution in [0.2, 0.25) is 10.0 Å². The van der Waals surface area contributed by atoms with Crippen LogP contribution in [0.1, 0.15) is 11.5 Å². The third-order valence-corrected chi connectivity index (χ3v) is 3.02. The van der Waals surface area contributed by atoms with Crippen molar-refractivity contribution in [2.75, 3.05) is 12.4 Å². The van der Waals surface area contributed by atoms with Gasteiger partial charge in [-0.1, -0.05) is 29.3 Å². The lowest BCUT2D eigenvalue weighted by Crippen LogP contribution is -2.05. The highest BCUT2D eigenvalue weighted by molar-refractivity contribution is 6.37. The van der Waals surface area contributed by atoms with Gasteiger partial charge in [-0.05, 0) is 19.1 Å². The van der Waals surface area contributed by atoms with Crippen LogP contribution in [0.3, 0.4) is 0 Å². The smallest absolute Gasteiger partial charge is 0.168 e. The Balaban J connectivity index is 2.16. The minimum Gasteiger partial charge on any atom is -0.482 e. The average molecular weight is 298 g/mol. The SMILES string of the molecule is CNc1cc(C)nc(COc2c(Cl)cccc2Cl)n1. The van der Waals surface area contributed by atoms with Crippen molar-refractivity contribution in [2.45, 2.75) is 13.5 Å². The lowest BCUT2D eigenvalue weighted by molar-refractivity contribution is 0.296. The maximum absolute atomic E-state index is 6.02. The van der Waals surface area contributed by atoms with E-state index >= 15 is 0 Å². The van der Waals surface area contributed by atoms with Crippen molar-refractivity contribution in [3.8, 4) is 5.75 Å². The van der Waals surface area contributed by atoms with Gasteiger partial charge in [0.1, 0.15) is 12.4 Å². The highest BCUT2D eigenvalue weighted by Gasteiger charge is 2.08. The van der Waals surface area contributed by atoms with Crippen molar-refractivity contribution in [1.29, 1.82) is 0 Å². The van der Waals surface area contributed by atoms with E-state index in [2.05, 4.69) is 15.3 Å². The summed E-state index contributed by atoms with van der Waals surface area (Å²) < 4.78 is 5.59. The van der Waals surface area contributed by atoms with Gasteiger partial charge in [0.2, 0.25) is 0 Å². The first-order valence-electron chi connectivity index (χ1n) is 5.69. The van der Waals surface area contributed by atoms with Crippen molar-refractivity contribution >= 4 is 29.0 Å². The molecule has 4 nitrogen and oxygen atoms in total. The number of halogens is 2. The first-order valence-corrected chi connectivity index (χ1v) is 6.45. The van der Waals surface area contributed by atoms with Gasteiger partial charge in [0, 0.05) is 18.8 Å². The highest BCUT2D eigenvalue weighted by atomic mass is 35.5. The standard InChI is InChI=1S/C13H13Cl2N3O/c1-8-6-11(16-2)18-12(17-8)7-19-13-9(14)4-3-5-10(13)15/h3-6H,7H2,1-2H3,(H,16,17,18). The largest absolute Gasteiger partial charge is 0.482 e. The maximum Gasteiger partial charge on any atom is 0.168 e. The van der Waals surface area contributed by atoms with Gasteiger partial charge in [-0.25, -0.2) is 9.97 Å². The molecule has 0 unspecified atom stereocenters. The molecule has 1 aromatic carbocycles. The molecule has 0 saturated heterocycles. The molecular formula is C13H13Cl2N3O. The van der Waals surface area contributed by atoms with Gasteiger partial charge in [-0.3, -0.25) is 0 Å². The van der Waals surface area contributed by atoms with E-state index in [-0.39, 0.29) is 6.61 Å². The van der Waals surface area contributed by atoms with E-state index in [0.29, 0.717) is 21.6 Å². The van der Waals surface area contributed by atoms with Gasteiger partial charge in [0.15, 0.2) is 11.6 Å². The number of nitrogens with one attached hydrogen (secondary N) is 1. The highest BCUT2D eigenvalue weighted by Crippen LogP contribution is 2.32. The van der Waals surface area contributed by atoms with Gasteiger partial charge in [0.25, 0.3) is 0 Å². The number of aryl methyl sites for hydroxylation is 1. The third kappa shape index (κ3) is 3.49. The Hall–Kier alpha value is -1.52. The second kappa shape index (κ2) is 6.08. The molecular weight excluding hydrogens is 285 g/mol. The Morgan fingerprint density at radius 3 is 2.53 bits per heavy atom. The Morgan fingerprint density at radius 1 is 1.21 bits per heavy atom. The summed E-state index contributed by atoms with van der Waals surface area (Å²) in [5.74, 6) is 1.76. The topological polar surface area (TPSA) is 47.0 Å². The zero-order valence-corrected chi connectivity index (χ0v) is 12.1. The quantitative estimate of drug-likeness (QED) is 0.934. The molecule has 0 aliphatic rings. The molecule has 0 radical (unpaired) electrons. The number of para-hydroxylation sites is 1. The van der Waals surface area contributed by atoms with Crippen LogP contribution in [0, 0.1) is 6.92 Å². The van der Waals surface area contributed by atoms with Crippen LogP contribution in [0.4, 0.5) is 5.82 Å². The molecule has 0 aliphatic carbocycles. The first kappa shape index (κ1) is 13.9. The molecule has 19 heavy (non-hydrogen) atoms. The molecule has 1 aromatic heterocycles. The van der Waals surface area contributed by atoms with Gasteiger partial charge >= 0.3 is 0 Å². The molecule has 0 spiro atoms. The van der Waals surface area contributed by atoms with Gasteiger partial charge in [-0.15, -0.1) is 0 Å². The molecule has 100 valence electrons. The van der Waals surface area contributed by atoms with E-state index in [4.69, 9.17) is 27.9 Å². The number of ether oxygens (including phenoxy) is 1. The Kier molecular flexibility index (Phi) is 4.45. The van der Waals surface area contributed by atoms with Gasteiger partial charge in [-0.2, -0.15) is 0 Å². The number of anilines is 1. The predicted molar refractivity (Wildman–Crippen MR) is 77.1 cm³/mol. The molecule has 0 saturated carbocycles. The van der Waals surface area contributed by atoms with Crippen LogP contribution in [0.5, 0.6) is 5.75 Å². The summed E-state index contributed by atoms with van der Waals surface area (Å²) in [6, 6.07) is 7.06. The minimum atomic E-state index is 0.208. The van der Waals surface area contributed by atoms with Crippen molar-refractivity contribution in [3.63, 3.8) is 0 Å². The summed E-state index contributed by atoms with van der Waals surface area (Å²) in [5, 5.41) is 3.90. The zero-order valence-electron chi connectivity index (χ0n) is 10.6. The van der Waals surface area contributed by atoms with Crippen molar-refractivity contribution in [2.24, 2.45) is 0 Å². The number of aromatic nitrogens is 2. The molecule has 0 aliphatic heterocycles. The van der Waals surface area contributed by atoms with Crippen LogP contribution in [0.15, 0.2) is 24.3 Å². The number of rotatable bonds is 4. The Labute approximate surface area is 121 Å². The summed E-state index contributed by atoms with van der Waals surface area (Å²) in [6.07, 6.45) is 0. The van der Waals surface area contributed by atoms with Crippen LogP contribution in [-0.4, -0.2) is 17.0 Å². The Bertz CT molecular complexity index is 570. The van der Waals surface area contributed by atoms with Crippen LogP contribution < -0.4 is 10.1 Å². The van der Waals surface area contributed by atoms with Crippen molar-refractivity contribution in [1.82, 2.24) is 9.97 Å². The molecule has 1 N–H and O–H groups in total. The van der Waals surface area contributed by atoms with E-state index in [0.717, 1.165) is 11.5 Å². The fourth-order valence-electron chi connectivity index (χ4n) is 1.58. The Morgan fingerprint density at radius 2 is 1.89 bits per heavy atom. The molecule has 1 heterocycles. The predicted octanol–water partition coefficient (Wildman–Crippen LogP) is 3.71. The second-order valence-corrected chi connectivity index (χ2v) is 4.71. The zero-order chi connectivity index (χ0) is 13.8. The number of hydrogen-bond donors (Lipinski definition) is 1.